The van der Waals surface area contributed by atoms with Gasteiger partial charge in [-0.05, 0) is 44.9 Å². The predicted molar refractivity (Wildman–Crippen MR) is 255 cm³/mol. The third kappa shape index (κ3) is 39.2. The van der Waals surface area contributed by atoms with Gasteiger partial charge in [-0.15, -0.1) is 0 Å². The van der Waals surface area contributed by atoms with Gasteiger partial charge in [-0.3, -0.25) is 4.79 Å². The summed E-state index contributed by atoms with van der Waals surface area (Å²) in [5.41, 5.74) is -1.55. The molecule has 0 rings (SSSR count). The van der Waals surface area contributed by atoms with E-state index in [9.17, 15) is 19.8 Å². The second kappa shape index (κ2) is 45.6. The van der Waals surface area contributed by atoms with Crippen LogP contribution in [-0.4, -0.2) is 27.6 Å². The number of hydrogen-bond acceptors (Lipinski definition) is 3. The third-order valence-electron chi connectivity index (χ3n) is 13.4. The summed E-state index contributed by atoms with van der Waals surface area (Å²) in [6.07, 6.45) is 57.5. The van der Waals surface area contributed by atoms with Crippen LogP contribution in [0, 0.1) is 5.92 Å². The summed E-state index contributed by atoms with van der Waals surface area (Å²) in [6.45, 7) is 6.83. The molecule has 0 aromatic heterocycles. The number of carbonyl (C=O) groups is 2. The van der Waals surface area contributed by atoms with Crippen molar-refractivity contribution in [1.29, 1.82) is 0 Å². The summed E-state index contributed by atoms with van der Waals surface area (Å²) in [5, 5.41) is 20.7. The molecule has 0 fully saturated rings. The maximum Gasteiger partial charge on any atom is 0.335 e. The van der Waals surface area contributed by atoms with Crippen molar-refractivity contribution in [2.24, 2.45) is 5.92 Å². The molecule has 0 aliphatic heterocycles. The summed E-state index contributed by atoms with van der Waals surface area (Å²) < 4.78 is 0. The highest BCUT2D eigenvalue weighted by Crippen LogP contribution is 2.26. The zero-order valence-electron chi connectivity index (χ0n) is 40.0. The van der Waals surface area contributed by atoms with Gasteiger partial charge in [0.15, 0.2) is 5.60 Å². The van der Waals surface area contributed by atoms with Gasteiger partial charge in [-0.25, -0.2) is 4.79 Å². The molecule has 0 saturated carbocycles. The zero-order valence-corrected chi connectivity index (χ0v) is 40.0. The van der Waals surface area contributed by atoms with Gasteiger partial charge in [0.2, 0.25) is 0 Å². The number of aliphatic hydroxyl groups is 1. The lowest BCUT2D eigenvalue weighted by Gasteiger charge is -2.23. The number of aliphatic carboxylic acids is 1. The van der Waals surface area contributed by atoms with Crippen molar-refractivity contribution >= 4 is 11.8 Å². The van der Waals surface area contributed by atoms with Crippen molar-refractivity contribution in [3.8, 4) is 0 Å². The van der Waals surface area contributed by atoms with E-state index in [4.69, 9.17) is 0 Å². The molecule has 0 heterocycles. The lowest BCUT2D eigenvalue weighted by molar-refractivity contribution is -0.160. The van der Waals surface area contributed by atoms with Gasteiger partial charge in [0, 0.05) is 12.3 Å². The van der Waals surface area contributed by atoms with Gasteiger partial charge in [-0.2, -0.15) is 0 Å². The van der Waals surface area contributed by atoms with E-state index in [1.807, 2.05) is 0 Å². The smallest absolute Gasteiger partial charge is 0.335 e. The first kappa shape index (κ1) is 57.1. The predicted octanol–water partition coefficient (Wildman–Crippen LogP) is 18.4. The Hall–Kier alpha value is -0.900. The molecule has 346 valence electrons. The van der Waals surface area contributed by atoms with Crippen LogP contribution in [0.25, 0.3) is 0 Å². The first-order valence-electron chi connectivity index (χ1n) is 26.9. The van der Waals surface area contributed by atoms with E-state index in [1.165, 1.54) is 218 Å². The van der Waals surface area contributed by atoms with Crippen LogP contribution in [0.3, 0.4) is 0 Å². The Morgan fingerprint density at radius 3 is 0.845 bits per heavy atom. The standard InChI is InChI=1S/C54H106O4/c1-4-7-10-13-15-17-19-21-23-25-27-29-31-35-39-44-49-54(58,53(56)57)50-45-40-36-32-33-37-42-47-51(46-41-12-9-6-3)52(55)48-43-38-34-30-28-26-24-22-20-18-16-14-11-8-5-2/h51,58H,4-50H2,1-3H3,(H,56,57). The van der Waals surface area contributed by atoms with Crippen molar-refractivity contribution in [2.75, 3.05) is 0 Å². The Morgan fingerprint density at radius 2 is 0.569 bits per heavy atom. The number of Topliss-reactive ketones (excluding diaryl/α,β-unsaturated/α-hetero) is 1. The molecule has 58 heavy (non-hydrogen) atoms. The molecule has 0 aromatic carbocycles. The second-order valence-corrected chi connectivity index (χ2v) is 19.1. The quantitative estimate of drug-likeness (QED) is 0.0600. The Kier molecular flexibility index (Phi) is 44.9. The number of carboxylic acids is 1. The van der Waals surface area contributed by atoms with Gasteiger partial charge >= 0.3 is 5.97 Å². The van der Waals surface area contributed by atoms with E-state index in [0.717, 1.165) is 70.6 Å². The van der Waals surface area contributed by atoms with Gasteiger partial charge in [-0.1, -0.05) is 271 Å². The van der Waals surface area contributed by atoms with Crippen molar-refractivity contribution in [1.82, 2.24) is 0 Å². The van der Waals surface area contributed by atoms with Crippen molar-refractivity contribution in [2.45, 2.75) is 328 Å². The van der Waals surface area contributed by atoms with Crippen LogP contribution < -0.4 is 0 Å². The first-order chi connectivity index (χ1) is 28.4. The largest absolute Gasteiger partial charge is 0.479 e. The van der Waals surface area contributed by atoms with Crippen LogP contribution in [0.5, 0.6) is 0 Å². The molecule has 4 nitrogen and oxygen atoms in total. The van der Waals surface area contributed by atoms with Crippen molar-refractivity contribution < 1.29 is 19.8 Å². The Morgan fingerprint density at radius 1 is 0.345 bits per heavy atom. The minimum Gasteiger partial charge on any atom is -0.479 e. The van der Waals surface area contributed by atoms with Crippen LogP contribution in [0.4, 0.5) is 0 Å². The van der Waals surface area contributed by atoms with Crippen LogP contribution in [0.15, 0.2) is 0 Å². The number of rotatable bonds is 50. The van der Waals surface area contributed by atoms with E-state index in [0.29, 0.717) is 18.6 Å². The maximum atomic E-state index is 13.3. The average molecular weight is 819 g/mol. The molecule has 0 bridgehead atoms. The van der Waals surface area contributed by atoms with Crippen molar-refractivity contribution in [3.05, 3.63) is 0 Å². The minimum atomic E-state index is -1.55. The van der Waals surface area contributed by atoms with Crippen molar-refractivity contribution in [3.63, 3.8) is 0 Å². The Balaban J connectivity index is 3.97. The molecule has 0 radical (unpaired) electrons. The van der Waals surface area contributed by atoms with E-state index in [1.54, 1.807) is 0 Å². The van der Waals surface area contributed by atoms with Crippen LogP contribution in [0.1, 0.15) is 323 Å². The topological polar surface area (TPSA) is 74.6 Å². The van der Waals surface area contributed by atoms with Crippen LogP contribution >= 0.6 is 0 Å². The fourth-order valence-electron chi connectivity index (χ4n) is 9.15. The fourth-order valence-corrected chi connectivity index (χ4v) is 9.15. The molecule has 0 aliphatic rings. The SMILES string of the molecule is CCCCCCCCCCCCCCCCCCC(O)(CCCCCCCCCC(CCCCCC)C(=O)CCCCCCCCCCCCCCCCC)C(=O)O. The number of hydrogen-bond donors (Lipinski definition) is 2. The molecular formula is C54H106O4. The summed E-state index contributed by atoms with van der Waals surface area (Å²) >= 11 is 0. The lowest BCUT2D eigenvalue weighted by Crippen LogP contribution is -2.38. The Bertz CT molecular complexity index is 841. The molecule has 0 aliphatic carbocycles. The summed E-state index contributed by atoms with van der Waals surface area (Å²) in [4.78, 5) is 25.2. The summed E-state index contributed by atoms with van der Waals surface area (Å²) in [7, 11) is 0. The molecular weight excluding hydrogens is 713 g/mol. The molecule has 2 N–H and O–H groups in total. The first-order valence-corrected chi connectivity index (χ1v) is 26.9. The summed E-state index contributed by atoms with van der Waals surface area (Å²) in [6, 6.07) is 0. The molecule has 0 spiro atoms. The average Bonchev–Trinajstić information content (AvgIpc) is 3.22. The minimum absolute atomic E-state index is 0.270. The molecule has 2 unspecified atom stereocenters. The molecule has 0 aromatic rings. The van der Waals surface area contributed by atoms with Gasteiger partial charge < -0.3 is 10.2 Å². The van der Waals surface area contributed by atoms with E-state index < -0.39 is 11.6 Å². The highest BCUT2D eigenvalue weighted by atomic mass is 16.4. The van der Waals surface area contributed by atoms with E-state index >= 15 is 0 Å². The highest BCUT2D eigenvalue weighted by Gasteiger charge is 2.34. The second-order valence-electron chi connectivity index (χ2n) is 19.1. The van der Waals surface area contributed by atoms with Gasteiger partial charge in [0.1, 0.15) is 5.78 Å². The summed E-state index contributed by atoms with van der Waals surface area (Å²) in [5.74, 6) is -0.227. The molecule has 2 atom stereocenters. The fraction of sp³-hybridized carbons (Fsp3) is 0.963. The number of carbonyl (C=O) groups excluding carboxylic acids is 1. The van der Waals surface area contributed by atoms with E-state index in [2.05, 4.69) is 20.8 Å². The number of ketones is 1. The molecule has 0 saturated heterocycles. The van der Waals surface area contributed by atoms with Gasteiger partial charge in [0.25, 0.3) is 0 Å². The Labute approximate surface area is 364 Å². The van der Waals surface area contributed by atoms with E-state index in [-0.39, 0.29) is 5.92 Å². The van der Waals surface area contributed by atoms with Crippen LogP contribution in [0.2, 0.25) is 0 Å². The highest BCUT2D eigenvalue weighted by molar-refractivity contribution is 5.80. The zero-order chi connectivity index (χ0) is 42.5. The number of carboxylic acid groups (broad SMARTS) is 1. The normalized spacial score (nSPS) is 13.2. The third-order valence-corrected chi connectivity index (χ3v) is 13.4. The van der Waals surface area contributed by atoms with Crippen LogP contribution in [-0.2, 0) is 9.59 Å². The number of unbranched alkanes of at least 4 members (excludes halogenated alkanes) is 38. The monoisotopic (exact) mass is 819 g/mol. The van der Waals surface area contributed by atoms with Gasteiger partial charge in [0.05, 0.1) is 0 Å². The lowest BCUT2D eigenvalue weighted by atomic mass is 9.88. The maximum absolute atomic E-state index is 13.3. The molecule has 4 heteroatoms. The molecule has 0 amide bonds.